The van der Waals surface area contributed by atoms with Crippen LogP contribution in [0.5, 0.6) is 0 Å². The largest absolute Gasteiger partial charge is 0.374 e. The van der Waals surface area contributed by atoms with E-state index < -0.39 is 0 Å². The van der Waals surface area contributed by atoms with Gasteiger partial charge in [-0.2, -0.15) is 0 Å². The number of aryl methyl sites for hydroxylation is 1. The van der Waals surface area contributed by atoms with Crippen LogP contribution in [0.4, 0.5) is 0 Å². The van der Waals surface area contributed by atoms with Gasteiger partial charge in [-0.3, -0.25) is 4.90 Å². The number of ether oxygens (including phenoxy) is 1. The van der Waals surface area contributed by atoms with Crippen molar-refractivity contribution in [2.75, 3.05) is 26.2 Å². The van der Waals surface area contributed by atoms with Crippen LogP contribution >= 0.6 is 0 Å². The van der Waals surface area contributed by atoms with E-state index in [4.69, 9.17) is 10.5 Å². The van der Waals surface area contributed by atoms with Crippen molar-refractivity contribution in [3.8, 4) is 0 Å². The SMILES string of the molecule is CC(N)C1CN(CCc2nccn2C)CCO1. The molecule has 96 valence electrons. The third kappa shape index (κ3) is 3.28. The van der Waals surface area contributed by atoms with Gasteiger partial charge in [-0.15, -0.1) is 0 Å². The average Bonchev–Trinajstić information content (AvgIpc) is 2.72. The summed E-state index contributed by atoms with van der Waals surface area (Å²) >= 11 is 0. The summed E-state index contributed by atoms with van der Waals surface area (Å²) in [6, 6.07) is 0.103. The molecule has 0 amide bonds. The number of nitrogens with two attached hydrogens (primary N) is 1. The number of nitrogens with zero attached hydrogens (tertiary/aromatic N) is 3. The van der Waals surface area contributed by atoms with Gasteiger partial charge in [0.15, 0.2) is 0 Å². The van der Waals surface area contributed by atoms with E-state index in [0.717, 1.165) is 38.5 Å². The van der Waals surface area contributed by atoms with Gasteiger partial charge in [0.2, 0.25) is 0 Å². The van der Waals surface area contributed by atoms with Gasteiger partial charge in [0, 0.05) is 51.5 Å². The molecule has 0 bridgehead atoms. The molecule has 2 heterocycles. The number of hydrogen-bond donors (Lipinski definition) is 1. The molecule has 2 rings (SSSR count). The lowest BCUT2D eigenvalue weighted by Crippen LogP contribution is -2.50. The highest BCUT2D eigenvalue weighted by molar-refractivity contribution is 4.92. The zero-order valence-corrected chi connectivity index (χ0v) is 10.7. The van der Waals surface area contributed by atoms with Crippen molar-refractivity contribution in [1.29, 1.82) is 0 Å². The number of morpholine rings is 1. The van der Waals surface area contributed by atoms with Gasteiger partial charge in [-0.1, -0.05) is 0 Å². The molecule has 2 unspecified atom stereocenters. The number of aromatic nitrogens is 2. The molecule has 2 N–H and O–H groups in total. The fourth-order valence-corrected chi connectivity index (χ4v) is 2.15. The molecule has 5 nitrogen and oxygen atoms in total. The molecule has 1 saturated heterocycles. The monoisotopic (exact) mass is 238 g/mol. The van der Waals surface area contributed by atoms with Crippen LogP contribution < -0.4 is 5.73 Å². The fraction of sp³-hybridized carbons (Fsp3) is 0.750. The predicted molar refractivity (Wildman–Crippen MR) is 66.7 cm³/mol. The summed E-state index contributed by atoms with van der Waals surface area (Å²) in [4.78, 5) is 6.74. The Kier molecular flexibility index (Phi) is 4.15. The standard InChI is InChI=1S/C12H22N4O/c1-10(13)11-9-16(7-8-17-11)5-3-12-14-4-6-15(12)2/h4,6,10-11H,3,5,7-9,13H2,1-2H3. The van der Waals surface area contributed by atoms with E-state index in [1.807, 2.05) is 26.4 Å². The third-order valence-corrected chi connectivity index (χ3v) is 3.34. The first kappa shape index (κ1) is 12.5. The molecule has 17 heavy (non-hydrogen) atoms. The van der Waals surface area contributed by atoms with Gasteiger partial charge in [0.05, 0.1) is 12.7 Å². The van der Waals surface area contributed by atoms with E-state index in [0.29, 0.717) is 0 Å². The first-order chi connectivity index (χ1) is 8.16. The molecule has 1 fully saturated rings. The molecule has 1 aliphatic rings. The second-order valence-corrected chi connectivity index (χ2v) is 4.77. The van der Waals surface area contributed by atoms with Crippen LogP contribution in [0.1, 0.15) is 12.7 Å². The summed E-state index contributed by atoms with van der Waals surface area (Å²) in [7, 11) is 2.03. The predicted octanol–water partition coefficient (Wildman–Crippen LogP) is 0.0106. The van der Waals surface area contributed by atoms with E-state index in [2.05, 4.69) is 14.5 Å². The molecule has 5 heteroatoms. The third-order valence-electron chi connectivity index (χ3n) is 3.34. The second kappa shape index (κ2) is 5.62. The van der Waals surface area contributed by atoms with Crippen LogP contribution in [0.25, 0.3) is 0 Å². The Balaban J connectivity index is 1.81. The van der Waals surface area contributed by atoms with Crippen molar-refractivity contribution in [2.24, 2.45) is 12.8 Å². The van der Waals surface area contributed by atoms with Crippen LogP contribution in [0.2, 0.25) is 0 Å². The summed E-state index contributed by atoms with van der Waals surface area (Å²) in [5.41, 5.74) is 5.88. The summed E-state index contributed by atoms with van der Waals surface area (Å²) in [5.74, 6) is 1.13. The van der Waals surface area contributed by atoms with Crippen molar-refractivity contribution < 1.29 is 4.74 Å². The summed E-state index contributed by atoms with van der Waals surface area (Å²) in [6.45, 7) is 5.74. The van der Waals surface area contributed by atoms with Crippen LogP contribution in [0, 0.1) is 0 Å². The fourth-order valence-electron chi connectivity index (χ4n) is 2.15. The molecule has 0 aromatic carbocycles. The van der Waals surface area contributed by atoms with E-state index in [9.17, 15) is 0 Å². The maximum atomic E-state index is 5.88. The molecule has 0 radical (unpaired) electrons. The van der Waals surface area contributed by atoms with Crippen LogP contribution in [-0.4, -0.2) is 52.8 Å². The Morgan fingerprint density at radius 1 is 1.65 bits per heavy atom. The number of hydrogen-bond acceptors (Lipinski definition) is 4. The highest BCUT2D eigenvalue weighted by Gasteiger charge is 2.23. The molecule has 2 atom stereocenters. The quantitative estimate of drug-likeness (QED) is 0.803. The van der Waals surface area contributed by atoms with E-state index in [1.165, 1.54) is 0 Å². The van der Waals surface area contributed by atoms with Crippen molar-refractivity contribution in [2.45, 2.75) is 25.5 Å². The van der Waals surface area contributed by atoms with Gasteiger partial charge < -0.3 is 15.0 Å². The normalized spacial score (nSPS) is 23.8. The lowest BCUT2D eigenvalue weighted by Gasteiger charge is -2.34. The molecule has 1 aliphatic heterocycles. The average molecular weight is 238 g/mol. The Morgan fingerprint density at radius 2 is 2.47 bits per heavy atom. The van der Waals surface area contributed by atoms with Crippen LogP contribution in [0.3, 0.4) is 0 Å². The second-order valence-electron chi connectivity index (χ2n) is 4.77. The Bertz CT molecular complexity index is 350. The summed E-state index contributed by atoms with van der Waals surface area (Å²) in [6.07, 6.45) is 4.98. The molecule has 0 saturated carbocycles. The van der Waals surface area contributed by atoms with E-state index in [-0.39, 0.29) is 12.1 Å². The van der Waals surface area contributed by atoms with Gasteiger partial charge >= 0.3 is 0 Å². The first-order valence-corrected chi connectivity index (χ1v) is 6.22. The Labute approximate surface area is 103 Å². The minimum atomic E-state index is 0.103. The van der Waals surface area contributed by atoms with Gasteiger partial charge in [0.25, 0.3) is 0 Å². The van der Waals surface area contributed by atoms with Crippen LogP contribution in [-0.2, 0) is 18.2 Å². The molecule has 1 aromatic heterocycles. The van der Waals surface area contributed by atoms with Crippen molar-refractivity contribution >= 4 is 0 Å². The Hall–Kier alpha value is -0.910. The maximum Gasteiger partial charge on any atom is 0.109 e. The number of imidazole rings is 1. The highest BCUT2D eigenvalue weighted by atomic mass is 16.5. The zero-order valence-electron chi connectivity index (χ0n) is 10.7. The minimum absolute atomic E-state index is 0.103. The molecular formula is C12H22N4O. The number of rotatable bonds is 4. The summed E-state index contributed by atoms with van der Waals surface area (Å²) in [5, 5.41) is 0. The van der Waals surface area contributed by atoms with E-state index in [1.54, 1.807) is 0 Å². The summed E-state index contributed by atoms with van der Waals surface area (Å²) < 4.78 is 7.72. The first-order valence-electron chi connectivity index (χ1n) is 6.22. The molecule has 0 aliphatic carbocycles. The minimum Gasteiger partial charge on any atom is -0.374 e. The molecule has 1 aromatic rings. The van der Waals surface area contributed by atoms with Gasteiger partial charge in [-0.05, 0) is 6.92 Å². The van der Waals surface area contributed by atoms with Crippen molar-refractivity contribution in [3.63, 3.8) is 0 Å². The molecular weight excluding hydrogens is 216 g/mol. The van der Waals surface area contributed by atoms with E-state index >= 15 is 0 Å². The van der Waals surface area contributed by atoms with Crippen molar-refractivity contribution in [3.05, 3.63) is 18.2 Å². The lowest BCUT2D eigenvalue weighted by atomic mass is 10.1. The smallest absolute Gasteiger partial charge is 0.109 e. The van der Waals surface area contributed by atoms with Crippen molar-refractivity contribution in [1.82, 2.24) is 14.5 Å². The topological polar surface area (TPSA) is 56.3 Å². The zero-order chi connectivity index (χ0) is 12.3. The van der Waals surface area contributed by atoms with Gasteiger partial charge in [-0.25, -0.2) is 4.98 Å². The Morgan fingerprint density at radius 3 is 3.12 bits per heavy atom. The lowest BCUT2D eigenvalue weighted by molar-refractivity contribution is -0.0373. The molecule has 0 spiro atoms. The highest BCUT2D eigenvalue weighted by Crippen LogP contribution is 2.08. The van der Waals surface area contributed by atoms with Crippen LogP contribution in [0.15, 0.2) is 12.4 Å². The van der Waals surface area contributed by atoms with Gasteiger partial charge in [0.1, 0.15) is 5.82 Å². The maximum absolute atomic E-state index is 5.88.